The van der Waals surface area contributed by atoms with E-state index in [1.165, 1.54) is 5.56 Å². The van der Waals surface area contributed by atoms with Crippen LogP contribution in [-0.2, 0) is 12.0 Å². The van der Waals surface area contributed by atoms with Crippen molar-refractivity contribution in [3.05, 3.63) is 70.8 Å². The van der Waals surface area contributed by atoms with Crippen LogP contribution in [0.3, 0.4) is 0 Å². The number of amides is 2. The fourth-order valence-corrected chi connectivity index (χ4v) is 3.05. The average Bonchev–Trinajstić information content (AvgIpc) is 3.50. The van der Waals surface area contributed by atoms with E-state index in [0.29, 0.717) is 17.7 Å². The van der Waals surface area contributed by atoms with Crippen LogP contribution < -0.4 is 5.48 Å². The largest absolute Gasteiger partial charge is 0.331 e. The molecule has 2 N–H and O–H groups in total. The van der Waals surface area contributed by atoms with E-state index in [4.69, 9.17) is 5.21 Å². The van der Waals surface area contributed by atoms with Crippen LogP contribution >= 0.6 is 0 Å². The third kappa shape index (κ3) is 4.55. The Hall–Kier alpha value is -2.66. The van der Waals surface area contributed by atoms with Crippen LogP contribution in [0.25, 0.3) is 0 Å². The van der Waals surface area contributed by atoms with Crippen molar-refractivity contribution >= 4 is 11.8 Å². The van der Waals surface area contributed by atoms with Crippen molar-refractivity contribution in [2.75, 3.05) is 0 Å². The Morgan fingerprint density at radius 2 is 1.56 bits per heavy atom. The number of hydroxylamine groups is 1. The van der Waals surface area contributed by atoms with Gasteiger partial charge in [0.1, 0.15) is 0 Å². The summed E-state index contributed by atoms with van der Waals surface area (Å²) in [5, 5.41) is 8.70. The van der Waals surface area contributed by atoms with E-state index < -0.39 is 5.91 Å². The molecule has 0 saturated heterocycles. The summed E-state index contributed by atoms with van der Waals surface area (Å²) in [6, 6.07) is 15.1. The summed E-state index contributed by atoms with van der Waals surface area (Å²) in [6.07, 6.45) is 2.05. The molecule has 0 aliphatic heterocycles. The summed E-state index contributed by atoms with van der Waals surface area (Å²) in [5.41, 5.74) is 4.91. The molecule has 2 aromatic carbocycles. The summed E-state index contributed by atoms with van der Waals surface area (Å²) < 4.78 is 0. The fraction of sp³-hybridized carbons (Fsp3) is 0.364. The zero-order valence-corrected chi connectivity index (χ0v) is 16.0. The molecule has 0 bridgehead atoms. The molecule has 5 heteroatoms. The minimum atomic E-state index is -0.546. The van der Waals surface area contributed by atoms with E-state index in [1.807, 2.05) is 41.3 Å². The van der Waals surface area contributed by atoms with Crippen molar-refractivity contribution < 1.29 is 14.8 Å². The van der Waals surface area contributed by atoms with Crippen molar-refractivity contribution in [3.8, 4) is 0 Å². The highest BCUT2D eigenvalue weighted by molar-refractivity contribution is 5.95. The van der Waals surface area contributed by atoms with E-state index in [0.717, 1.165) is 18.4 Å². The molecule has 0 heterocycles. The molecule has 1 aliphatic rings. The minimum absolute atomic E-state index is 0.0372. The number of nitrogens with one attached hydrogen (secondary N) is 1. The summed E-state index contributed by atoms with van der Waals surface area (Å²) in [7, 11) is 0. The van der Waals surface area contributed by atoms with Gasteiger partial charge in [0.2, 0.25) is 0 Å². The van der Waals surface area contributed by atoms with Gasteiger partial charge in [-0.2, -0.15) is 0 Å². The molecule has 142 valence electrons. The molecule has 0 unspecified atom stereocenters. The van der Waals surface area contributed by atoms with Crippen LogP contribution in [0.5, 0.6) is 0 Å². The van der Waals surface area contributed by atoms with Gasteiger partial charge in [-0.3, -0.25) is 14.8 Å². The van der Waals surface area contributed by atoms with E-state index in [1.54, 1.807) is 17.6 Å². The van der Waals surface area contributed by atoms with Crippen molar-refractivity contribution in [1.29, 1.82) is 0 Å². The van der Waals surface area contributed by atoms with Crippen LogP contribution in [0.4, 0.5) is 0 Å². The second-order valence-electron chi connectivity index (χ2n) is 8.13. The summed E-state index contributed by atoms with van der Waals surface area (Å²) in [5.74, 6) is -0.509. The number of hydrogen-bond acceptors (Lipinski definition) is 3. The first-order valence-corrected chi connectivity index (χ1v) is 9.24. The number of carbonyl (C=O) groups is 2. The van der Waals surface area contributed by atoms with Gasteiger partial charge in [0, 0.05) is 23.7 Å². The van der Waals surface area contributed by atoms with Crippen LogP contribution in [0.2, 0.25) is 0 Å². The topological polar surface area (TPSA) is 69.6 Å². The molecular weight excluding hydrogens is 340 g/mol. The molecule has 1 aliphatic carbocycles. The van der Waals surface area contributed by atoms with Crippen LogP contribution in [-0.4, -0.2) is 28.0 Å². The number of nitrogens with zero attached hydrogens (tertiary/aromatic N) is 1. The van der Waals surface area contributed by atoms with Crippen molar-refractivity contribution in [3.63, 3.8) is 0 Å². The average molecular weight is 366 g/mol. The van der Waals surface area contributed by atoms with Gasteiger partial charge in [-0.1, -0.05) is 45.0 Å². The minimum Gasteiger partial charge on any atom is -0.331 e. The summed E-state index contributed by atoms with van der Waals surface area (Å²) in [6.45, 7) is 6.97. The Kier molecular flexibility index (Phi) is 5.33. The first-order valence-electron chi connectivity index (χ1n) is 9.24. The molecule has 0 spiro atoms. The third-order valence-corrected chi connectivity index (χ3v) is 4.92. The Labute approximate surface area is 160 Å². The highest BCUT2D eigenvalue weighted by atomic mass is 16.5. The maximum atomic E-state index is 13.0. The van der Waals surface area contributed by atoms with Gasteiger partial charge in [-0.05, 0) is 53.6 Å². The lowest BCUT2D eigenvalue weighted by Crippen LogP contribution is -2.32. The Morgan fingerprint density at radius 1 is 1.00 bits per heavy atom. The van der Waals surface area contributed by atoms with Crippen molar-refractivity contribution in [1.82, 2.24) is 10.4 Å². The normalized spacial score (nSPS) is 13.9. The molecular formula is C22H26N2O3. The van der Waals surface area contributed by atoms with Gasteiger partial charge in [0.05, 0.1) is 0 Å². The van der Waals surface area contributed by atoms with Crippen LogP contribution in [0.15, 0.2) is 48.5 Å². The maximum absolute atomic E-state index is 13.0. The standard InChI is InChI=1S/C22H26N2O3/c1-22(2,3)18-10-8-17(9-11-18)21(26)24(19-12-13-19)14-15-4-6-16(7-5-15)20(25)23-27/h4-11,19,27H,12-14H2,1-3H3,(H,23,25). The Morgan fingerprint density at radius 3 is 2.04 bits per heavy atom. The van der Waals surface area contributed by atoms with Gasteiger partial charge >= 0.3 is 0 Å². The van der Waals surface area contributed by atoms with E-state index in [-0.39, 0.29) is 17.4 Å². The monoisotopic (exact) mass is 366 g/mol. The molecule has 0 atom stereocenters. The van der Waals surface area contributed by atoms with E-state index in [2.05, 4.69) is 20.8 Å². The first-order chi connectivity index (χ1) is 12.8. The zero-order chi connectivity index (χ0) is 19.6. The van der Waals surface area contributed by atoms with Gasteiger partial charge < -0.3 is 4.90 Å². The van der Waals surface area contributed by atoms with E-state index in [9.17, 15) is 9.59 Å². The third-order valence-electron chi connectivity index (χ3n) is 4.92. The lowest BCUT2D eigenvalue weighted by Gasteiger charge is -2.24. The number of benzene rings is 2. The Balaban J connectivity index is 1.75. The predicted octanol–water partition coefficient (Wildman–Crippen LogP) is 3.91. The molecule has 1 fully saturated rings. The molecule has 5 nitrogen and oxygen atoms in total. The first kappa shape index (κ1) is 19.1. The van der Waals surface area contributed by atoms with E-state index >= 15 is 0 Å². The second-order valence-corrected chi connectivity index (χ2v) is 8.13. The highest BCUT2D eigenvalue weighted by Crippen LogP contribution is 2.30. The quantitative estimate of drug-likeness (QED) is 0.623. The van der Waals surface area contributed by atoms with Gasteiger partial charge in [0.15, 0.2) is 0 Å². The molecule has 27 heavy (non-hydrogen) atoms. The molecule has 0 radical (unpaired) electrons. The SMILES string of the molecule is CC(C)(C)c1ccc(C(=O)N(Cc2ccc(C(=O)NO)cc2)C2CC2)cc1. The van der Waals surface area contributed by atoms with Gasteiger partial charge in [-0.15, -0.1) is 0 Å². The van der Waals surface area contributed by atoms with Crippen LogP contribution in [0, 0.1) is 0 Å². The van der Waals surface area contributed by atoms with Crippen molar-refractivity contribution in [2.45, 2.75) is 51.6 Å². The number of carbonyl (C=O) groups excluding carboxylic acids is 2. The fourth-order valence-electron chi connectivity index (χ4n) is 3.05. The van der Waals surface area contributed by atoms with Crippen LogP contribution in [0.1, 0.15) is 65.5 Å². The predicted molar refractivity (Wildman–Crippen MR) is 104 cm³/mol. The maximum Gasteiger partial charge on any atom is 0.274 e. The molecule has 2 amide bonds. The molecule has 0 aromatic heterocycles. The highest BCUT2D eigenvalue weighted by Gasteiger charge is 2.33. The smallest absolute Gasteiger partial charge is 0.274 e. The summed E-state index contributed by atoms with van der Waals surface area (Å²) in [4.78, 5) is 26.4. The van der Waals surface area contributed by atoms with Gasteiger partial charge in [-0.25, -0.2) is 5.48 Å². The zero-order valence-electron chi connectivity index (χ0n) is 16.0. The summed E-state index contributed by atoms with van der Waals surface area (Å²) >= 11 is 0. The lowest BCUT2D eigenvalue weighted by molar-refractivity contribution is 0.0703. The molecule has 3 rings (SSSR count). The number of rotatable bonds is 5. The number of hydrogen-bond donors (Lipinski definition) is 2. The second kappa shape index (κ2) is 7.53. The lowest BCUT2D eigenvalue weighted by atomic mass is 9.86. The molecule has 2 aromatic rings. The molecule has 1 saturated carbocycles. The Bertz CT molecular complexity index is 816. The van der Waals surface area contributed by atoms with Gasteiger partial charge in [0.25, 0.3) is 11.8 Å². The van der Waals surface area contributed by atoms with Crippen molar-refractivity contribution in [2.24, 2.45) is 0 Å².